The van der Waals surface area contributed by atoms with Crippen molar-refractivity contribution in [3.05, 3.63) is 24.3 Å². The number of thioether (sulfide) groups is 1. The number of aromatic nitrogens is 1. The Hall–Kier alpha value is -1.49. The van der Waals surface area contributed by atoms with Crippen LogP contribution in [-0.2, 0) is 4.79 Å². The minimum absolute atomic E-state index is 0.0810. The summed E-state index contributed by atoms with van der Waals surface area (Å²) < 4.78 is 5.71. The quantitative estimate of drug-likeness (QED) is 0.824. The molecule has 1 aromatic carbocycles. The van der Waals surface area contributed by atoms with E-state index in [2.05, 4.69) is 17.2 Å². The number of oxazole rings is 1. The molecule has 128 valence electrons. The summed E-state index contributed by atoms with van der Waals surface area (Å²) in [6, 6.07) is 7.94. The van der Waals surface area contributed by atoms with Crippen molar-refractivity contribution in [2.75, 3.05) is 0 Å². The zero-order valence-electron chi connectivity index (χ0n) is 14.2. The number of fused-ring (bicyclic) bond motifs is 3. The molecule has 5 atom stereocenters. The lowest BCUT2D eigenvalue weighted by Crippen LogP contribution is -2.43. The van der Waals surface area contributed by atoms with Gasteiger partial charge >= 0.3 is 0 Å². The molecule has 4 rings (SSSR count). The van der Waals surface area contributed by atoms with Crippen LogP contribution in [0.3, 0.4) is 0 Å². The first-order chi connectivity index (χ1) is 11.6. The number of amides is 1. The van der Waals surface area contributed by atoms with Crippen LogP contribution in [-0.4, -0.2) is 22.2 Å². The van der Waals surface area contributed by atoms with Crippen LogP contribution in [0.15, 0.2) is 33.9 Å². The summed E-state index contributed by atoms with van der Waals surface area (Å²) in [7, 11) is 0. The Morgan fingerprint density at radius 3 is 2.83 bits per heavy atom. The second-order valence-electron chi connectivity index (χ2n) is 7.34. The number of nitrogens with one attached hydrogen (secondary N) is 1. The van der Waals surface area contributed by atoms with E-state index in [1.165, 1.54) is 37.4 Å². The molecule has 1 amide bonds. The smallest absolute Gasteiger partial charge is 0.257 e. The van der Waals surface area contributed by atoms with E-state index in [-0.39, 0.29) is 17.2 Å². The second kappa shape index (κ2) is 6.43. The molecule has 5 unspecified atom stereocenters. The maximum atomic E-state index is 12.5. The van der Waals surface area contributed by atoms with Crippen LogP contribution in [0.4, 0.5) is 0 Å². The minimum Gasteiger partial charge on any atom is -0.431 e. The fourth-order valence-electron chi connectivity index (χ4n) is 4.46. The fourth-order valence-corrected chi connectivity index (χ4v) is 5.23. The van der Waals surface area contributed by atoms with Gasteiger partial charge in [0.1, 0.15) is 5.52 Å². The van der Waals surface area contributed by atoms with Crippen molar-refractivity contribution in [1.29, 1.82) is 0 Å². The first-order valence-electron chi connectivity index (χ1n) is 8.92. The lowest BCUT2D eigenvalue weighted by Gasteiger charge is -2.29. The van der Waals surface area contributed by atoms with Gasteiger partial charge in [0.2, 0.25) is 5.91 Å². The molecule has 1 aromatic heterocycles. The van der Waals surface area contributed by atoms with E-state index >= 15 is 0 Å². The molecule has 0 aliphatic heterocycles. The Kier molecular flexibility index (Phi) is 4.29. The Morgan fingerprint density at radius 2 is 2.12 bits per heavy atom. The lowest BCUT2D eigenvalue weighted by atomic mass is 9.84. The summed E-state index contributed by atoms with van der Waals surface area (Å²) in [5.41, 5.74) is 1.60. The van der Waals surface area contributed by atoms with E-state index < -0.39 is 0 Å². The largest absolute Gasteiger partial charge is 0.431 e. The molecule has 2 fully saturated rings. The molecule has 0 saturated heterocycles. The van der Waals surface area contributed by atoms with Crippen molar-refractivity contribution in [3.8, 4) is 0 Å². The molecule has 2 aliphatic carbocycles. The number of carbonyl (C=O) groups is 1. The molecule has 4 nitrogen and oxygen atoms in total. The Morgan fingerprint density at radius 1 is 1.29 bits per heavy atom. The first kappa shape index (κ1) is 16.0. The van der Waals surface area contributed by atoms with E-state index in [9.17, 15) is 4.79 Å². The average molecular weight is 344 g/mol. The van der Waals surface area contributed by atoms with Gasteiger partial charge in [-0.2, -0.15) is 0 Å². The monoisotopic (exact) mass is 344 g/mol. The molecule has 24 heavy (non-hydrogen) atoms. The van der Waals surface area contributed by atoms with Gasteiger partial charge in [-0.05, 0) is 63.0 Å². The predicted octanol–water partition coefficient (Wildman–Crippen LogP) is 4.25. The highest BCUT2D eigenvalue weighted by Gasteiger charge is 2.42. The SMILES string of the molecule is CC(Sc1nc2ccccc2o1)C(=O)NC(C)C1CC2CCC1C2. The van der Waals surface area contributed by atoms with Crippen LogP contribution in [0.2, 0.25) is 0 Å². The molecule has 1 N–H and O–H groups in total. The summed E-state index contributed by atoms with van der Waals surface area (Å²) >= 11 is 1.39. The van der Waals surface area contributed by atoms with E-state index in [0.29, 0.717) is 11.1 Å². The molecule has 2 aromatic rings. The normalized spacial score (nSPS) is 28.2. The van der Waals surface area contributed by atoms with Gasteiger partial charge in [0.05, 0.1) is 5.25 Å². The zero-order chi connectivity index (χ0) is 16.7. The van der Waals surface area contributed by atoms with Crippen molar-refractivity contribution in [2.45, 2.75) is 56.0 Å². The molecular weight excluding hydrogens is 320 g/mol. The Balaban J connectivity index is 1.35. The number of nitrogens with zero attached hydrogens (tertiary/aromatic N) is 1. The topological polar surface area (TPSA) is 55.1 Å². The summed E-state index contributed by atoms with van der Waals surface area (Å²) in [5, 5.41) is 3.58. The highest BCUT2D eigenvalue weighted by atomic mass is 32.2. The number of benzene rings is 1. The molecule has 5 heteroatoms. The second-order valence-corrected chi connectivity index (χ2v) is 8.64. The highest BCUT2D eigenvalue weighted by Crippen LogP contribution is 2.49. The van der Waals surface area contributed by atoms with Crippen LogP contribution in [0.25, 0.3) is 11.1 Å². The van der Waals surface area contributed by atoms with Crippen molar-refractivity contribution in [2.24, 2.45) is 17.8 Å². The minimum atomic E-state index is -0.209. The summed E-state index contributed by atoms with van der Waals surface area (Å²) in [4.78, 5) is 17.0. The van der Waals surface area contributed by atoms with Gasteiger partial charge in [-0.15, -0.1) is 0 Å². The van der Waals surface area contributed by atoms with Gasteiger partial charge in [-0.1, -0.05) is 30.3 Å². The van der Waals surface area contributed by atoms with Crippen LogP contribution >= 0.6 is 11.8 Å². The van der Waals surface area contributed by atoms with E-state index in [0.717, 1.165) is 22.9 Å². The van der Waals surface area contributed by atoms with E-state index in [1.807, 2.05) is 31.2 Å². The average Bonchev–Trinajstić information content (AvgIpc) is 3.28. The van der Waals surface area contributed by atoms with Crippen molar-refractivity contribution in [3.63, 3.8) is 0 Å². The molecular formula is C19H24N2O2S. The van der Waals surface area contributed by atoms with Gasteiger partial charge in [0.25, 0.3) is 5.22 Å². The van der Waals surface area contributed by atoms with Crippen molar-refractivity contribution in [1.82, 2.24) is 10.3 Å². The fraction of sp³-hybridized carbons (Fsp3) is 0.579. The molecule has 2 bridgehead atoms. The summed E-state index contributed by atoms with van der Waals surface area (Å²) in [6.07, 6.45) is 5.41. The molecule has 2 saturated carbocycles. The zero-order valence-corrected chi connectivity index (χ0v) is 15.0. The maximum Gasteiger partial charge on any atom is 0.257 e. The predicted molar refractivity (Wildman–Crippen MR) is 95.9 cm³/mol. The number of carbonyl (C=O) groups excluding carboxylic acids is 1. The Bertz CT molecular complexity index is 711. The Labute approximate surface area is 146 Å². The maximum absolute atomic E-state index is 12.5. The molecule has 2 aliphatic rings. The third-order valence-corrected chi connectivity index (χ3v) is 6.67. The number of hydrogen-bond acceptors (Lipinski definition) is 4. The van der Waals surface area contributed by atoms with Gasteiger partial charge in [0, 0.05) is 6.04 Å². The van der Waals surface area contributed by atoms with Gasteiger partial charge in [-0.25, -0.2) is 4.98 Å². The van der Waals surface area contributed by atoms with Crippen LogP contribution < -0.4 is 5.32 Å². The third-order valence-electron chi connectivity index (χ3n) is 5.73. The third kappa shape index (κ3) is 3.06. The standard InChI is InChI=1S/C19H24N2O2S/c1-11(15-10-13-7-8-14(15)9-13)20-18(22)12(2)24-19-21-16-5-3-4-6-17(16)23-19/h3-6,11-15H,7-10H2,1-2H3,(H,20,22). The highest BCUT2D eigenvalue weighted by molar-refractivity contribution is 8.00. The van der Waals surface area contributed by atoms with Gasteiger partial charge in [-0.3, -0.25) is 4.79 Å². The number of para-hydroxylation sites is 2. The van der Waals surface area contributed by atoms with E-state index in [1.54, 1.807) is 0 Å². The molecule has 0 radical (unpaired) electrons. The van der Waals surface area contributed by atoms with Gasteiger partial charge < -0.3 is 9.73 Å². The number of hydrogen-bond donors (Lipinski definition) is 1. The lowest BCUT2D eigenvalue weighted by molar-refractivity contribution is -0.121. The van der Waals surface area contributed by atoms with Crippen LogP contribution in [0, 0.1) is 17.8 Å². The van der Waals surface area contributed by atoms with Crippen LogP contribution in [0.1, 0.15) is 39.5 Å². The summed E-state index contributed by atoms with van der Waals surface area (Å²) in [5.74, 6) is 2.47. The van der Waals surface area contributed by atoms with Crippen molar-refractivity contribution >= 4 is 28.8 Å². The van der Waals surface area contributed by atoms with E-state index in [4.69, 9.17) is 4.42 Å². The number of rotatable bonds is 5. The first-order valence-corrected chi connectivity index (χ1v) is 9.80. The van der Waals surface area contributed by atoms with Crippen LogP contribution in [0.5, 0.6) is 0 Å². The van der Waals surface area contributed by atoms with Crippen molar-refractivity contribution < 1.29 is 9.21 Å². The summed E-state index contributed by atoms with van der Waals surface area (Å²) in [6.45, 7) is 4.09. The molecule has 0 spiro atoms. The molecule has 1 heterocycles. The van der Waals surface area contributed by atoms with Gasteiger partial charge in [0.15, 0.2) is 5.58 Å².